The SMILES string of the molecule is CCC(=O)N1CCc2c(c(Nc3cc(C(F)F)c(-c4cnn(C)c4)cc3F)nn2C2CCN(C(C)=O)CC2)C1. The van der Waals surface area contributed by atoms with E-state index in [-0.39, 0.29) is 34.7 Å². The molecule has 2 aromatic heterocycles. The number of piperidine rings is 1. The van der Waals surface area contributed by atoms with Gasteiger partial charge in [0.05, 0.1) is 24.5 Å². The molecule has 0 saturated carbocycles. The van der Waals surface area contributed by atoms with Crippen molar-refractivity contribution in [3.63, 3.8) is 0 Å². The van der Waals surface area contributed by atoms with Crippen molar-refractivity contribution in [1.29, 1.82) is 0 Å². The van der Waals surface area contributed by atoms with Crippen molar-refractivity contribution in [2.45, 2.75) is 58.5 Å². The van der Waals surface area contributed by atoms with Gasteiger partial charge in [0.1, 0.15) is 5.82 Å². The van der Waals surface area contributed by atoms with E-state index in [2.05, 4.69) is 10.4 Å². The second-order valence-corrected chi connectivity index (χ2v) is 10.1. The van der Waals surface area contributed by atoms with Gasteiger partial charge >= 0.3 is 0 Å². The molecule has 1 saturated heterocycles. The number of alkyl halides is 2. The summed E-state index contributed by atoms with van der Waals surface area (Å²) in [7, 11) is 1.66. The van der Waals surface area contributed by atoms with Gasteiger partial charge in [0.15, 0.2) is 5.82 Å². The number of carbonyl (C=O) groups is 2. The van der Waals surface area contributed by atoms with E-state index in [1.54, 1.807) is 36.9 Å². The quantitative estimate of drug-likeness (QED) is 0.492. The first kappa shape index (κ1) is 26.8. The third-order valence-electron chi connectivity index (χ3n) is 7.64. The minimum absolute atomic E-state index is 0.00103. The van der Waals surface area contributed by atoms with Crippen LogP contribution in [0.2, 0.25) is 0 Å². The van der Waals surface area contributed by atoms with E-state index >= 15 is 4.39 Å². The fraction of sp³-hybridized carbons (Fsp3) is 0.481. The third-order valence-corrected chi connectivity index (χ3v) is 7.64. The number of nitrogens with one attached hydrogen (secondary N) is 1. The number of rotatable bonds is 6. The van der Waals surface area contributed by atoms with Gasteiger partial charge in [0.2, 0.25) is 11.8 Å². The Kier molecular flexibility index (Phi) is 7.37. The molecule has 39 heavy (non-hydrogen) atoms. The zero-order chi connectivity index (χ0) is 27.8. The maximum absolute atomic E-state index is 15.4. The Labute approximate surface area is 224 Å². The third kappa shape index (κ3) is 5.24. The molecule has 5 rings (SSSR count). The molecule has 2 amide bonds. The zero-order valence-electron chi connectivity index (χ0n) is 22.3. The van der Waals surface area contributed by atoms with Crippen LogP contribution in [-0.4, -0.2) is 60.8 Å². The fourth-order valence-corrected chi connectivity index (χ4v) is 5.51. The molecule has 0 bridgehead atoms. The van der Waals surface area contributed by atoms with Crippen LogP contribution in [-0.2, 0) is 29.6 Å². The Hall–Kier alpha value is -3.83. The van der Waals surface area contributed by atoms with Gasteiger partial charge in [-0.25, -0.2) is 13.2 Å². The van der Waals surface area contributed by atoms with E-state index in [1.165, 1.54) is 10.9 Å². The second-order valence-electron chi connectivity index (χ2n) is 10.1. The van der Waals surface area contributed by atoms with Crippen LogP contribution in [0.5, 0.6) is 0 Å². The molecule has 1 aromatic carbocycles. The Balaban J connectivity index is 1.51. The lowest BCUT2D eigenvalue weighted by atomic mass is 10.0. The Morgan fingerprint density at radius 2 is 1.90 bits per heavy atom. The number of benzene rings is 1. The minimum atomic E-state index is -2.84. The lowest BCUT2D eigenvalue weighted by molar-refractivity contribution is -0.132. The van der Waals surface area contributed by atoms with Gasteiger partial charge in [-0.3, -0.25) is 19.0 Å². The first-order chi connectivity index (χ1) is 18.7. The first-order valence-electron chi connectivity index (χ1n) is 13.2. The van der Waals surface area contributed by atoms with Crippen LogP contribution in [0.25, 0.3) is 11.1 Å². The molecule has 208 valence electrons. The van der Waals surface area contributed by atoms with Crippen molar-refractivity contribution in [1.82, 2.24) is 29.4 Å². The van der Waals surface area contributed by atoms with Gasteiger partial charge < -0.3 is 15.1 Å². The van der Waals surface area contributed by atoms with Crippen LogP contribution in [0.15, 0.2) is 24.5 Å². The number of fused-ring (bicyclic) bond motifs is 1. The predicted molar refractivity (Wildman–Crippen MR) is 139 cm³/mol. The van der Waals surface area contributed by atoms with Crippen molar-refractivity contribution in [3.05, 3.63) is 47.2 Å². The molecule has 1 N–H and O–H groups in total. The highest BCUT2D eigenvalue weighted by Gasteiger charge is 2.32. The van der Waals surface area contributed by atoms with Crippen LogP contribution in [0, 0.1) is 5.82 Å². The van der Waals surface area contributed by atoms with Crippen LogP contribution in [0.3, 0.4) is 0 Å². The molecule has 2 aliphatic rings. The molecule has 2 aliphatic heterocycles. The summed E-state index contributed by atoms with van der Waals surface area (Å²) in [6.07, 6.45) is 2.51. The summed E-state index contributed by atoms with van der Waals surface area (Å²) in [6, 6.07) is 2.25. The summed E-state index contributed by atoms with van der Waals surface area (Å²) in [4.78, 5) is 27.8. The predicted octanol–water partition coefficient (Wildman–Crippen LogP) is 4.58. The first-order valence-corrected chi connectivity index (χ1v) is 13.2. The van der Waals surface area contributed by atoms with Crippen molar-refractivity contribution in [2.24, 2.45) is 7.05 Å². The van der Waals surface area contributed by atoms with Crippen LogP contribution >= 0.6 is 0 Å². The van der Waals surface area contributed by atoms with E-state index in [0.29, 0.717) is 63.2 Å². The molecule has 12 heteroatoms. The number of hydrogen-bond acceptors (Lipinski definition) is 5. The summed E-state index contributed by atoms with van der Waals surface area (Å²) in [5, 5.41) is 11.8. The number of anilines is 2. The summed E-state index contributed by atoms with van der Waals surface area (Å²) >= 11 is 0. The average Bonchev–Trinajstić information content (AvgIpc) is 3.52. The smallest absolute Gasteiger partial charge is 0.264 e. The Morgan fingerprint density at radius 1 is 1.15 bits per heavy atom. The fourth-order valence-electron chi connectivity index (χ4n) is 5.51. The Morgan fingerprint density at radius 3 is 2.51 bits per heavy atom. The van der Waals surface area contributed by atoms with E-state index in [4.69, 9.17) is 5.10 Å². The van der Waals surface area contributed by atoms with Crippen LogP contribution < -0.4 is 5.32 Å². The molecule has 0 atom stereocenters. The molecule has 9 nitrogen and oxygen atoms in total. The molecule has 3 aromatic rings. The number of likely N-dealkylation sites (tertiary alicyclic amines) is 1. The lowest BCUT2D eigenvalue weighted by Crippen LogP contribution is -2.39. The molecular formula is C27H32F3N7O2. The van der Waals surface area contributed by atoms with Crippen molar-refractivity contribution >= 4 is 23.3 Å². The number of amides is 2. The number of halogens is 3. The van der Waals surface area contributed by atoms with Gasteiger partial charge in [0.25, 0.3) is 6.43 Å². The standard InChI is InChI=1S/C27H32F3N7O2/c1-4-25(39)36-10-7-24-21(15-36)27(33-37(24)18-5-8-35(9-6-18)16(2)38)32-23-12-20(26(29)30)19(11-22(23)28)17-13-31-34(3)14-17/h11-14,18,26H,4-10,15H2,1-3H3,(H,32,33). The highest BCUT2D eigenvalue weighted by Crippen LogP contribution is 2.38. The van der Waals surface area contributed by atoms with Gasteiger partial charge in [-0.15, -0.1) is 0 Å². The summed E-state index contributed by atoms with van der Waals surface area (Å²) < 4.78 is 46.9. The van der Waals surface area contributed by atoms with Gasteiger partial charge in [0, 0.05) is 75.0 Å². The maximum Gasteiger partial charge on any atom is 0.264 e. The molecule has 0 unspecified atom stereocenters. The maximum atomic E-state index is 15.4. The lowest BCUT2D eigenvalue weighted by Gasteiger charge is -2.33. The highest BCUT2D eigenvalue weighted by atomic mass is 19.3. The van der Waals surface area contributed by atoms with Crippen molar-refractivity contribution in [2.75, 3.05) is 25.0 Å². The van der Waals surface area contributed by atoms with E-state index in [9.17, 15) is 18.4 Å². The Bertz CT molecular complexity index is 1390. The van der Waals surface area contributed by atoms with Crippen LogP contribution in [0.1, 0.15) is 62.4 Å². The molecule has 0 spiro atoms. The van der Waals surface area contributed by atoms with Crippen molar-refractivity contribution in [3.8, 4) is 11.1 Å². The molecule has 1 fully saturated rings. The number of hydrogen-bond donors (Lipinski definition) is 1. The summed E-state index contributed by atoms with van der Waals surface area (Å²) in [5.41, 5.74) is 1.73. The van der Waals surface area contributed by atoms with E-state index in [0.717, 1.165) is 23.4 Å². The second kappa shape index (κ2) is 10.7. The molecule has 4 heterocycles. The topological polar surface area (TPSA) is 88.3 Å². The number of aromatic nitrogens is 4. The van der Waals surface area contributed by atoms with Gasteiger partial charge in [-0.05, 0) is 30.5 Å². The monoisotopic (exact) mass is 543 g/mol. The highest BCUT2D eigenvalue weighted by molar-refractivity contribution is 5.77. The normalized spacial score (nSPS) is 16.1. The largest absolute Gasteiger partial charge is 0.343 e. The minimum Gasteiger partial charge on any atom is -0.343 e. The number of nitrogens with zero attached hydrogens (tertiary/aromatic N) is 6. The van der Waals surface area contributed by atoms with Crippen molar-refractivity contribution < 1.29 is 22.8 Å². The molecule has 0 radical (unpaired) electrons. The number of aryl methyl sites for hydroxylation is 1. The zero-order valence-corrected chi connectivity index (χ0v) is 22.3. The van der Waals surface area contributed by atoms with E-state index < -0.39 is 12.2 Å². The van der Waals surface area contributed by atoms with Gasteiger partial charge in [-0.2, -0.15) is 10.2 Å². The van der Waals surface area contributed by atoms with Gasteiger partial charge in [-0.1, -0.05) is 6.92 Å². The van der Waals surface area contributed by atoms with Crippen LogP contribution in [0.4, 0.5) is 24.7 Å². The average molecular weight is 544 g/mol. The molecule has 0 aliphatic carbocycles. The van der Waals surface area contributed by atoms with E-state index in [1.807, 2.05) is 4.68 Å². The number of carbonyl (C=O) groups excluding carboxylic acids is 2. The summed E-state index contributed by atoms with van der Waals surface area (Å²) in [5.74, 6) is -0.317. The summed E-state index contributed by atoms with van der Waals surface area (Å²) in [6.45, 7) is 5.42. The molecular weight excluding hydrogens is 511 g/mol.